The molecular weight excluding hydrogens is 312 g/mol. The molecule has 6 nitrogen and oxygen atoms in total. The number of carbonyl (C=O) groups excluding carboxylic acids is 1. The molecule has 1 amide bonds. The van der Waals surface area contributed by atoms with Gasteiger partial charge in [0.2, 0.25) is 5.91 Å². The van der Waals surface area contributed by atoms with Crippen LogP contribution in [0.1, 0.15) is 6.92 Å². The van der Waals surface area contributed by atoms with E-state index in [1.807, 2.05) is 0 Å². The number of rotatable bonds is 4. The number of anilines is 3. The van der Waals surface area contributed by atoms with Gasteiger partial charge in [-0.3, -0.25) is 4.79 Å². The van der Waals surface area contributed by atoms with Crippen LogP contribution in [0.5, 0.6) is 0 Å². The fraction of sp³-hybridized carbons (Fsp3) is 0.154. The number of carbonyl (C=O) groups is 1. The lowest BCUT2D eigenvalue weighted by Gasteiger charge is -2.12. The van der Waals surface area contributed by atoms with Crippen LogP contribution in [0, 0.1) is 11.6 Å². The van der Waals surface area contributed by atoms with E-state index in [2.05, 4.69) is 15.3 Å². The van der Waals surface area contributed by atoms with E-state index in [0.717, 1.165) is 30.0 Å². The molecule has 116 valence electrons. The second-order valence-electron chi connectivity index (χ2n) is 4.37. The van der Waals surface area contributed by atoms with Crippen molar-refractivity contribution in [2.24, 2.45) is 0 Å². The van der Waals surface area contributed by atoms with Crippen LogP contribution in [-0.4, -0.2) is 21.1 Å². The highest BCUT2D eigenvalue weighted by Crippen LogP contribution is 2.23. The van der Waals surface area contributed by atoms with Crippen LogP contribution in [0.3, 0.4) is 0 Å². The Kier molecular flexibility index (Phi) is 4.76. The number of hydrogen-bond acceptors (Lipinski definition) is 6. The molecule has 0 bridgehead atoms. The van der Waals surface area contributed by atoms with E-state index in [1.54, 1.807) is 6.92 Å². The summed E-state index contributed by atoms with van der Waals surface area (Å²) in [6.45, 7) is 1.57. The van der Waals surface area contributed by atoms with E-state index in [0.29, 0.717) is 0 Å². The van der Waals surface area contributed by atoms with Crippen molar-refractivity contribution in [3.05, 3.63) is 35.9 Å². The predicted molar refractivity (Wildman–Crippen MR) is 81.2 cm³/mol. The van der Waals surface area contributed by atoms with Gasteiger partial charge in [-0.1, -0.05) is 11.8 Å². The van der Waals surface area contributed by atoms with Crippen molar-refractivity contribution in [2.45, 2.75) is 17.3 Å². The fourth-order valence-corrected chi connectivity index (χ4v) is 2.35. The van der Waals surface area contributed by atoms with E-state index < -0.39 is 22.8 Å². The summed E-state index contributed by atoms with van der Waals surface area (Å²) >= 11 is 0.999. The highest BCUT2D eigenvalue weighted by Gasteiger charge is 2.18. The number of benzene rings is 1. The van der Waals surface area contributed by atoms with E-state index in [4.69, 9.17) is 11.5 Å². The van der Waals surface area contributed by atoms with Crippen LogP contribution < -0.4 is 16.8 Å². The van der Waals surface area contributed by atoms with Gasteiger partial charge in [0.25, 0.3) is 0 Å². The molecule has 5 N–H and O–H groups in total. The van der Waals surface area contributed by atoms with Crippen molar-refractivity contribution in [3.63, 3.8) is 0 Å². The number of nitrogens with one attached hydrogen (secondary N) is 1. The average molecular weight is 325 g/mol. The van der Waals surface area contributed by atoms with Crippen LogP contribution in [0.25, 0.3) is 0 Å². The zero-order valence-corrected chi connectivity index (χ0v) is 12.3. The first-order valence-corrected chi connectivity index (χ1v) is 7.05. The largest absolute Gasteiger partial charge is 0.383 e. The van der Waals surface area contributed by atoms with Gasteiger partial charge < -0.3 is 16.8 Å². The maximum absolute atomic E-state index is 13.5. The van der Waals surface area contributed by atoms with E-state index in [1.165, 1.54) is 6.07 Å². The van der Waals surface area contributed by atoms with E-state index >= 15 is 0 Å². The Morgan fingerprint density at radius 1 is 1.23 bits per heavy atom. The Labute approximate surface area is 129 Å². The number of nitrogens with zero attached hydrogens (tertiary/aromatic N) is 2. The van der Waals surface area contributed by atoms with Crippen LogP contribution >= 0.6 is 11.8 Å². The zero-order valence-electron chi connectivity index (χ0n) is 11.5. The second kappa shape index (κ2) is 6.56. The van der Waals surface area contributed by atoms with Gasteiger partial charge in [0, 0.05) is 12.1 Å². The summed E-state index contributed by atoms with van der Waals surface area (Å²) < 4.78 is 26.5. The first-order valence-electron chi connectivity index (χ1n) is 6.18. The normalized spacial score (nSPS) is 12.0. The number of thioether (sulfide) groups is 1. The first kappa shape index (κ1) is 16.0. The molecule has 0 aliphatic heterocycles. The second-order valence-corrected chi connectivity index (χ2v) is 5.68. The lowest BCUT2D eigenvalue weighted by molar-refractivity contribution is -0.115. The number of nitrogen functional groups attached to an aromatic ring is 2. The molecule has 0 saturated heterocycles. The molecule has 0 radical (unpaired) electrons. The van der Waals surface area contributed by atoms with Gasteiger partial charge in [0.15, 0.2) is 5.16 Å². The molecule has 2 aromatic rings. The molecule has 0 saturated carbocycles. The summed E-state index contributed by atoms with van der Waals surface area (Å²) in [6.07, 6.45) is 0. The van der Waals surface area contributed by atoms with Crippen LogP contribution in [0.4, 0.5) is 26.1 Å². The molecule has 1 aromatic heterocycles. The van der Waals surface area contributed by atoms with Gasteiger partial charge in [-0.15, -0.1) is 0 Å². The molecule has 0 aliphatic rings. The summed E-state index contributed by atoms with van der Waals surface area (Å²) in [4.78, 5) is 19.9. The number of halogens is 2. The van der Waals surface area contributed by atoms with Crippen LogP contribution in [0.2, 0.25) is 0 Å². The molecule has 1 heterocycles. The van der Waals surface area contributed by atoms with Gasteiger partial charge in [0.05, 0.1) is 10.9 Å². The SMILES string of the molecule is CC(Sc1nc(N)cc(N)n1)C(=O)Nc1cc(F)ccc1F. The molecule has 1 unspecified atom stereocenters. The predicted octanol–water partition coefficient (Wildman–Crippen LogP) is 2.04. The molecule has 2 rings (SSSR count). The van der Waals surface area contributed by atoms with Crippen molar-refractivity contribution in [3.8, 4) is 0 Å². The van der Waals surface area contributed by atoms with Crippen molar-refractivity contribution in [1.82, 2.24) is 9.97 Å². The summed E-state index contributed by atoms with van der Waals surface area (Å²) in [7, 11) is 0. The highest BCUT2D eigenvalue weighted by atomic mass is 32.2. The van der Waals surface area contributed by atoms with Crippen molar-refractivity contribution in [2.75, 3.05) is 16.8 Å². The minimum atomic E-state index is -0.726. The molecule has 0 spiro atoms. The maximum atomic E-state index is 13.5. The third-order valence-corrected chi connectivity index (χ3v) is 3.54. The molecule has 22 heavy (non-hydrogen) atoms. The van der Waals surface area contributed by atoms with Gasteiger partial charge >= 0.3 is 0 Å². The van der Waals surface area contributed by atoms with Crippen molar-refractivity contribution in [1.29, 1.82) is 0 Å². The smallest absolute Gasteiger partial charge is 0.237 e. The Morgan fingerprint density at radius 3 is 2.50 bits per heavy atom. The van der Waals surface area contributed by atoms with E-state index in [9.17, 15) is 13.6 Å². The minimum Gasteiger partial charge on any atom is -0.383 e. The molecule has 1 aromatic carbocycles. The lowest BCUT2D eigenvalue weighted by Crippen LogP contribution is -2.23. The standard InChI is InChI=1S/C13H13F2N5OS/c1-6(22-13-19-10(16)5-11(17)20-13)12(21)18-9-4-7(14)2-3-8(9)15/h2-6H,1H3,(H,18,21)(H4,16,17,19,20). The molecule has 0 aliphatic carbocycles. The summed E-state index contributed by atoms with van der Waals surface area (Å²) in [5.41, 5.74) is 10.8. The third-order valence-electron chi connectivity index (χ3n) is 2.58. The summed E-state index contributed by atoms with van der Waals surface area (Å²) in [5, 5.41) is 1.87. The first-order chi connectivity index (χ1) is 10.3. The average Bonchev–Trinajstić information content (AvgIpc) is 2.41. The number of amides is 1. The van der Waals surface area contributed by atoms with Gasteiger partial charge in [-0.25, -0.2) is 18.7 Å². The van der Waals surface area contributed by atoms with Crippen LogP contribution in [0.15, 0.2) is 29.4 Å². The Balaban J connectivity index is 2.07. The lowest BCUT2D eigenvalue weighted by atomic mass is 10.3. The highest BCUT2D eigenvalue weighted by molar-refractivity contribution is 8.00. The number of nitrogens with two attached hydrogens (primary N) is 2. The summed E-state index contributed by atoms with van der Waals surface area (Å²) in [5.74, 6) is -1.54. The topological polar surface area (TPSA) is 107 Å². The monoisotopic (exact) mass is 325 g/mol. The van der Waals surface area contributed by atoms with Gasteiger partial charge in [0.1, 0.15) is 23.3 Å². The minimum absolute atomic E-state index is 0.179. The summed E-state index contributed by atoms with van der Waals surface area (Å²) in [6, 6.07) is 4.19. The van der Waals surface area contributed by atoms with Gasteiger partial charge in [-0.2, -0.15) is 0 Å². The van der Waals surface area contributed by atoms with Crippen molar-refractivity contribution < 1.29 is 13.6 Å². The molecular formula is C13H13F2N5OS. The number of hydrogen-bond donors (Lipinski definition) is 3. The number of aromatic nitrogens is 2. The van der Waals surface area contributed by atoms with Crippen molar-refractivity contribution >= 4 is 35.0 Å². The maximum Gasteiger partial charge on any atom is 0.237 e. The Morgan fingerprint density at radius 2 is 1.86 bits per heavy atom. The molecule has 9 heteroatoms. The van der Waals surface area contributed by atoms with Gasteiger partial charge in [-0.05, 0) is 19.1 Å². The third kappa shape index (κ3) is 4.04. The molecule has 0 fully saturated rings. The quantitative estimate of drug-likeness (QED) is 0.586. The Hall–Kier alpha value is -2.42. The molecule has 1 atom stereocenters. The van der Waals surface area contributed by atoms with Crippen LogP contribution in [-0.2, 0) is 4.79 Å². The zero-order chi connectivity index (χ0) is 16.3. The Bertz CT molecular complexity index is 693. The fourth-order valence-electron chi connectivity index (χ4n) is 1.55. The van der Waals surface area contributed by atoms with E-state index in [-0.39, 0.29) is 22.5 Å².